The first kappa shape index (κ1) is 16.1. The molecule has 2 aromatic rings. The van der Waals surface area contributed by atoms with Crippen LogP contribution in [-0.2, 0) is 16.1 Å². The smallest absolute Gasteiger partial charge is 0.374 e. The highest BCUT2D eigenvalue weighted by Crippen LogP contribution is 2.28. The van der Waals surface area contributed by atoms with Gasteiger partial charge in [0.1, 0.15) is 6.54 Å². The molecule has 1 amide bonds. The average molecular weight is 343 g/mol. The zero-order chi connectivity index (χ0) is 17.2. The number of hydrogen-bond acceptors (Lipinski definition) is 5. The van der Waals surface area contributed by atoms with Crippen molar-refractivity contribution in [2.45, 2.75) is 44.4 Å². The predicted molar refractivity (Wildman–Crippen MR) is 89.9 cm³/mol. The molecule has 1 saturated heterocycles. The Morgan fingerprint density at radius 3 is 2.84 bits per heavy atom. The lowest BCUT2D eigenvalue weighted by Gasteiger charge is -2.43. The largest absolute Gasteiger partial charge is 0.442 e. The first-order valence-electron chi connectivity index (χ1n) is 8.77. The number of hydrogen-bond donors (Lipinski definition) is 0. The van der Waals surface area contributed by atoms with Gasteiger partial charge in [0, 0.05) is 12.1 Å². The normalized spacial score (nSPS) is 23.3. The number of rotatable bonds is 3. The van der Waals surface area contributed by atoms with Crippen molar-refractivity contribution in [3.05, 3.63) is 40.9 Å². The Morgan fingerprint density at radius 1 is 1.20 bits per heavy atom. The molecule has 2 atom stereocenters. The van der Waals surface area contributed by atoms with Crippen LogP contribution in [0.25, 0.3) is 11.4 Å². The maximum Gasteiger partial charge on any atom is 0.442 e. The number of aromatic nitrogens is 2. The molecule has 1 aromatic heterocycles. The SMILES string of the molecule is O=C(Cn1c(-c2ccccc2)noc1=O)N1CCOC2CCCCC21. The number of amides is 1. The molecule has 0 N–H and O–H groups in total. The fraction of sp³-hybridized carbons (Fsp3) is 0.500. The molecule has 7 heteroatoms. The summed E-state index contributed by atoms with van der Waals surface area (Å²) < 4.78 is 11.9. The Hall–Kier alpha value is -2.41. The maximum absolute atomic E-state index is 12.9. The molecule has 2 unspecified atom stereocenters. The molecule has 0 radical (unpaired) electrons. The van der Waals surface area contributed by atoms with Gasteiger partial charge >= 0.3 is 5.76 Å². The van der Waals surface area contributed by atoms with Crippen LogP contribution in [0.3, 0.4) is 0 Å². The van der Waals surface area contributed by atoms with E-state index in [4.69, 9.17) is 9.26 Å². The van der Waals surface area contributed by atoms with E-state index >= 15 is 0 Å². The van der Waals surface area contributed by atoms with Crippen molar-refractivity contribution in [2.75, 3.05) is 13.2 Å². The summed E-state index contributed by atoms with van der Waals surface area (Å²) in [5.74, 6) is -0.309. The topological polar surface area (TPSA) is 77.6 Å². The van der Waals surface area contributed by atoms with Gasteiger partial charge < -0.3 is 9.64 Å². The van der Waals surface area contributed by atoms with Gasteiger partial charge in [0.15, 0.2) is 5.82 Å². The molecule has 1 aliphatic heterocycles. The highest BCUT2D eigenvalue weighted by Gasteiger charge is 2.37. The van der Waals surface area contributed by atoms with Crippen LogP contribution in [0, 0.1) is 0 Å². The Kier molecular flexibility index (Phi) is 4.40. The van der Waals surface area contributed by atoms with Crippen LogP contribution in [-0.4, -0.2) is 45.8 Å². The Bertz CT molecular complexity index is 796. The van der Waals surface area contributed by atoms with Crippen LogP contribution in [0.15, 0.2) is 39.6 Å². The molecule has 7 nitrogen and oxygen atoms in total. The van der Waals surface area contributed by atoms with E-state index < -0.39 is 5.76 Å². The van der Waals surface area contributed by atoms with Crippen LogP contribution in [0.1, 0.15) is 25.7 Å². The summed E-state index contributed by atoms with van der Waals surface area (Å²) >= 11 is 0. The summed E-state index contributed by atoms with van der Waals surface area (Å²) in [7, 11) is 0. The quantitative estimate of drug-likeness (QED) is 0.847. The number of ether oxygens (including phenoxy) is 1. The zero-order valence-corrected chi connectivity index (χ0v) is 14.0. The lowest BCUT2D eigenvalue weighted by molar-refractivity contribution is -0.150. The number of morpholine rings is 1. The molecule has 1 aliphatic carbocycles. The lowest BCUT2D eigenvalue weighted by atomic mass is 9.90. The molecule has 0 bridgehead atoms. The van der Waals surface area contributed by atoms with Crippen LogP contribution >= 0.6 is 0 Å². The average Bonchev–Trinajstić information content (AvgIpc) is 3.02. The summed E-state index contributed by atoms with van der Waals surface area (Å²) in [6, 6.07) is 9.39. The van der Waals surface area contributed by atoms with Crippen molar-refractivity contribution in [2.24, 2.45) is 0 Å². The summed E-state index contributed by atoms with van der Waals surface area (Å²) in [6.45, 7) is 1.06. The maximum atomic E-state index is 12.9. The van der Waals surface area contributed by atoms with E-state index in [0.717, 1.165) is 31.2 Å². The van der Waals surface area contributed by atoms with Crippen molar-refractivity contribution in [1.29, 1.82) is 0 Å². The summed E-state index contributed by atoms with van der Waals surface area (Å²) in [5.41, 5.74) is 0.749. The molecular formula is C18H21N3O4. The monoisotopic (exact) mass is 343 g/mol. The standard InChI is InChI=1S/C18H21N3O4/c22-16(20-10-11-24-15-9-5-4-8-14(15)20)12-21-17(19-25-18(21)23)13-6-2-1-3-7-13/h1-3,6-7,14-15H,4-5,8-12H2. The van der Waals surface area contributed by atoms with E-state index in [2.05, 4.69) is 5.16 Å². The van der Waals surface area contributed by atoms with Gasteiger partial charge in [0.25, 0.3) is 0 Å². The summed E-state index contributed by atoms with van der Waals surface area (Å²) in [6.07, 6.45) is 4.33. The van der Waals surface area contributed by atoms with Gasteiger partial charge in [0.2, 0.25) is 5.91 Å². The van der Waals surface area contributed by atoms with Crippen LogP contribution in [0.2, 0.25) is 0 Å². The van der Waals surface area contributed by atoms with Crippen molar-refractivity contribution in [1.82, 2.24) is 14.6 Å². The highest BCUT2D eigenvalue weighted by molar-refractivity contribution is 5.77. The van der Waals surface area contributed by atoms with Crippen LogP contribution < -0.4 is 5.76 Å². The minimum absolute atomic E-state index is 0.0597. The third-order valence-corrected chi connectivity index (χ3v) is 5.06. The fourth-order valence-corrected chi connectivity index (χ4v) is 3.83. The molecule has 25 heavy (non-hydrogen) atoms. The molecular weight excluding hydrogens is 322 g/mol. The summed E-state index contributed by atoms with van der Waals surface area (Å²) in [4.78, 5) is 26.8. The number of nitrogens with zero attached hydrogens (tertiary/aromatic N) is 3. The van der Waals surface area contributed by atoms with Crippen molar-refractivity contribution in [3.8, 4) is 11.4 Å². The van der Waals surface area contributed by atoms with Crippen LogP contribution in [0.5, 0.6) is 0 Å². The van der Waals surface area contributed by atoms with Gasteiger partial charge in [-0.25, -0.2) is 9.36 Å². The van der Waals surface area contributed by atoms with E-state index in [1.54, 1.807) is 0 Å². The van der Waals surface area contributed by atoms with Gasteiger partial charge in [0.05, 0.1) is 18.8 Å². The van der Waals surface area contributed by atoms with Crippen molar-refractivity contribution >= 4 is 5.91 Å². The van der Waals surface area contributed by atoms with Gasteiger partial charge in [-0.3, -0.25) is 9.32 Å². The molecule has 2 fully saturated rings. The second-order valence-electron chi connectivity index (χ2n) is 6.57. The number of benzene rings is 1. The molecule has 2 aliphatic rings. The molecule has 132 valence electrons. The molecule has 1 aromatic carbocycles. The number of fused-ring (bicyclic) bond motifs is 1. The van der Waals surface area contributed by atoms with Crippen LogP contribution in [0.4, 0.5) is 0 Å². The minimum atomic E-state index is -0.611. The zero-order valence-electron chi connectivity index (χ0n) is 14.0. The number of carbonyl (C=O) groups is 1. The molecule has 1 saturated carbocycles. The van der Waals surface area contributed by atoms with Crippen molar-refractivity contribution in [3.63, 3.8) is 0 Å². The predicted octanol–water partition coefficient (Wildman–Crippen LogP) is 1.67. The van der Waals surface area contributed by atoms with E-state index in [9.17, 15) is 9.59 Å². The minimum Gasteiger partial charge on any atom is -0.374 e. The second kappa shape index (κ2) is 6.84. The van der Waals surface area contributed by atoms with E-state index in [-0.39, 0.29) is 24.6 Å². The Morgan fingerprint density at radius 2 is 2.00 bits per heavy atom. The molecule has 2 heterocycles. The van der Waals surface area contributed by atoms with E-state index in [0.29, 0.717) is 19.0 Å². The van der Waals surface area contributed by atoms with Gasteiger partial charge in [-0.05, 0) is 12.8 Å². The molecule has 0 spiro atoms. The second-order valence-corrected chi connectivity index (χ2v) is 6.57. The van der Waals surface area contributed by atoms with E-state index in [1.807, 2.05) is 35.2 Å². The lowest BCUT2D eigenvalue weighted by Crippen LogP contribution is -2.55. The summed E-state index contributed by atoms with van der Waals surface area (Å²) in [5, 5.41) is 3.85. The first-order valence-corrected chi connectivity index (χ1v) is 8.77. The van der Waals surface area contributed by atoms with Gasteiger partial charge in [-0.2, -0.15) is 0 Å². The third-order valence-electron chi connectivity index (χ3n) is 5.06. The first-order chi connectivity index (χ1) is 12.2. The fourth-order valence-electron chi connectivity index (χ4n) is 3.83. The highest BCUT2D eigenvalue weighted by atomic mass is 16.5. The van der Waals surface area contributed by atoms with E-state index in [1.165, 1.54) is 4.57 Å². The Labute approximate surface area is 145 Å². The molecule has 4 rings (SSSR count). The van der Waals surface area contributed by atoms with Gasteiger partial charge in [-0.15, -0.1) is 0 Å². The van der Waals surface area contributed by atoms with Gasteiger partial charge in [-0.1, -0.05) is 48.3 Å². The third kappa shape index (κ3) is 3.11. The Balaban J connectivity index is 1.57. The van der Waals surface area contributed by atoms with Crippen molar-refractivity contribution < 1.29 is 14.1 Å². The number of carbonyl (C=O) groups excluding carboxylic acids is 1.